The zero-order valence-electron chi connectivity index (χ0n) is 18.5. The van der Waals surface area contributed by atoms with Crippen molar-refractivity contribution in [2.24, 2.45) is 5.73 Å². The van der Waals surface area contributed by atoms with Gasteiger partial charge >= 0.3 is 7.12 Å². The van der Waals surface area contributed by atoms with Gasteiger partial charge in [-0.3, -0.25) is 4.57 Å². The molecular weight excluding hydrogens is 415 g/mol. The molecule has 0 amide bonds. The summed E-state index contributed by atoms with van der Waals surface area (Å²) in [7, 11) is -1.49. The monoisotopic (exact) mass is 442 g/mol. The van der Waals surface area contributed by atoms with E-state index in [0.29, 0.717) is 31.0 Å². The number of hydrogen-bond donors (Lipinski definition) is 5. The smallest absolute Gasteiger partial charge is 0.423 e. The first kappa shape index (κ1) is 21.6. The van der Waals surface area contributed by atoms with E-state index in [4.69, 9.17) is 15.7 Å². The van der Waals surface area contributed by atoms with Crippen LogP contribution in [0.15, 0.2) is 48.5 Å². The average molecular weight is 442 g/mol. The zero-order chi connectivity index (χ0) is 22.9. The lowest BCUT2D eigenvalue weighted by atomic mass is 9.79. The highest BCUT2D eigenvalue weighted by Gasteiger charge is 2.20. The van der Waals surface area contributed by atoms with Crippen molar-refractivity contribution in [3.8, 4) is 5.95 Å². The summed E-state index contributed by atoms with van der Waals surface area (Å²) in [6.07, 6.45) is 0.831. The number of benzene rings is 2. The van der Waals surface area contributed by atoms with E-state index in [1.165, 1.54) is 0 Å². The maximum absolute atomic E-state index is 9.48. The molecule has 0 spiro atoms. The second-order valence-corrected chi connectivity index (χ2v) is 8.37. The summed E-state index contributed by atoms with van der Waals surface area (Å²) in [6, 6.07) is 15.5. The first-order valence-electron chi connectivity index (χ1n) is 11.1. The van der Waals surface area contributed by atoms with Crippen LogP contribution < -0.4 is 21.8 Å². The molecule has 1 aliphatic heterocycles. The minimum Gasteiger partial charge on any atom is -0.423 e. The van der Waals surface area contributed by atoms with Crippen LogP contribution in [-0.2, 0) is 26.1 Å². The quantitative estimate of drug-likeness (QED) is 0.284. The average Bonchev–Trinajstić information content (AvgIpc) is 3.18. The largest absolute Gasteiger partial charge is 0.488 e. The Hall–Kier alpha value is -3.24. The van der Waals surface area contributed by atoms with Gasteiger partial charge < -0.3 is 26.4 Å². The van der Waals surface area contributed by atoms with Gasteiger partial charge in [0.25, 0.3) is 0 Å². The van der Waals surface area contributed by atoms with Crippen LogP contribution in [0.4, 0.5) is 5.82 Å². The molecule has 168 valence electrons. The van der Waals surface area contributed by atoms with Crippen LogP contribution in [0.25, 0.3) is 16.9 Å². The van der Waals surface area contributed by atoms with Crippen LogP contribution in [0.2, 0.25) is 0 Å². The molecular formula is C24H27BN6O2. The fourth-order valence-corrected chi connectivity index (χ4v) is 4.49. The number of rotatable bonds is 6. The first-order chi connectivity index (χ1) is 16.0. The van der Waals surface area contributed by atoms with Crippen LogP contribution >= 0.6 is 0 Å². The first-order valence-corrected chi connectivity index (χ1v) is 11.1. The molecule has 2 aromatic heterocycles. The molecule has 0 saturated heterocycles. The number of nitrogens with two attached hydrogens (primary N) is 1. The molecule has 4 aromatic rings. The number of fused-ring (bicyclic) bond motifs is 2. The molecule has 3 heterocycles. The van der Waals surface area contributed by atoms with Crippen molar-refractivity contribution in [2.45, 2.75) is 33.0 Å². The molecule has 33 heavy (non-hydrogen) atoms. The SMILES string of the molecule is Cc1cc2c(CN)cccc2n1-c1nc2c(c(NCc3cccc(B(O)O)c3)n1)CNCC2. The number of nitrogens with one attached hydrogen (secondary N) is 2. The fourth-order valence-electron chi connectivity index (χ4n) is 4.49. The van der Waals surface area contributed by atoms with E-state index in [2.05, 4.69) is 40.3 Å². The highest BCUT2D eigenvalue weighted by atomic mass is 16.4. The van der Waals surface area contributed by atoms with Crippen LogP contribution in [0.1, 0.15) is 28.1 Å². The number of anilines is 1. The Morgan fingerprint density at radius 1 is 1.15 bits per heavy atom. The third-order valence-corrected chi connectivity index (χ3v) is 6.17. The maximum atomic E-state index is 9.48. The molecule has 8 nitrogen and oxygen atoms in total. The molecule has 0 saturated carbocycles. The number of aromatic nitrogens is 3. The molecule has 6 N–H and O–H groups in total. The normalized spacial score (nSPS) is 13.2. The van der Waals surface area contributed by atoms with E-state index in [9.17, 15) is 10.0 Å². The summed E-state index contributed by atoms with van der Waals surface area (Å²) in [4.78, 5) is 9.89. The molecule has 2 aromatic carbocycles. The molecule has 9 heteroatoms. The van der Waals surface area contributed by atoms with E-state index in [-0.39, 0.29) is 0 Å². The van der Waals surface area contributed by atoms with Crippen molar-refractivity contribution in [2.75, 3.05) is 11.9 Å². The van der Waals surface area contributed by atoms with E-state index >= 15 is 0 Å². The summed E-state index contributed by atoms with van der Waals surface area (Å²) in [6.45, 7) is 4.62. The minimum absolute atomic E-state index is 0.464. The summed E-state index contributed by atoms with van der Waals surface area (Å²) in [5.41, 5.74) is 12.7. The van der Waals surface area contributed by atoms with E-state index in [1.54, 1.807) is 12.1 Å². The Labute approximate surface area is 192 Å². The van der Waals surface area contributed by atoms with Gasteiger partial charge in [0.15, 0.2) is 0 Å². The lowest BCUT2D eigenvalue weighted by Crippen LogP contribution is -2.30. The van der Waals surface area contributed by atoms with Gasteiger partial charge in [-0.2, -0.15) is 4.98 Å². The van der Waals surface area contributed by atoms with Crippen molar-refractivity contribution < 1.29 is 10.0 Å². The van der Waals surface area contributed by atoms with Gasteiger partial charge in [0.1, 0.15) is 5.82 Å². The van der Waals surface area contributed by atoms with Gasteiger partial charge in [0.2, 0.25) is 5.95 Å². The Kier molecular flexibility index (Phi) is 5.86. The minimum atomic E-state index is -1.49. The maximum Gasteiger partial charge on any atom is 0.488 e. The number of nitrogens with zero attached hydrogens (tertiary/aromatic N) is 3. The second-order valence-electron chi connectivity index (χ2n) is 8.37. The molecule has 5 rings (SSSR count). The van der Waals surface area contributed by atoms with Crippen molar-refractivity contribution in [3.05, 3.63) is 76.6 Å². The van der Waals surface area contributed by atoms with Crippen molar-refractivity contribution in [3.63, 3.8) is 0 Å². The van der Waals surface area contributed by atoms with Crippen LogP contribution in [0.5, 0.6) is 0 Å². The third kappa shape index (κ3) is 4.11. The predicted molar refractivity (Wildman–Crippen MR) is 130 cm³/mol. The lowest BCUT2D eigenvalue weighted by molar-refractivity contribution is 0.425. The molecule has 0 bridgehead atoms. The summed E-state index contributed by atoms with van der Waals surface area (Å²) < 4.78 is 2.09. The van der Waals surface area contributed by atoms with Gasteiger partial charge in [0, 0.05) is 49.2 Å². The van der Waals surface area contributed by atoms with E-state index < -0.39 is 7.12 Å². The summed E-state index contributed by atoms with van der Waals surface area (Å²) in [5, 5.41) is 26.9. The molecule has 0 fully saturated rings. The standard InChI is InChI=1S/C24H27BN6O2/c1-15-10-19-17(12-26)5-3-7-22(19)31(15)24-29-21-8-9-27-14-20(21)23(30-24)28-13-16-4-2-6-18(11-16)25(32)33/h2-7,10-11,27,32-33H,8-9,12-14,26H2,1H3,(H,28,29,30). The number of hydrogen-bond acceptors (Lipinski definition) is 7. The lowest BCUT2D eigenvalue weighted by Gasteiger charge is -2.21. The van der Waals surface area contributed by atoms with E-state index in [0.717, 1.165) is 57.8 Å². The summed E-state index contributed by atoms with van der Waals surface area (Å²) >= 11 is 0. The topological polar surface area (TPSA) is 121 Å². The van der Waals surface area contributed by atoms with Gasteiger partial charge in [-0.05, 0) is 35.6 Å². The second kappa shape index (κ2) is 8.95. The Bertz CT molecular complexity index is 1320. The van der Waals surface area contributed by atoms with E-state index in [1.807, 2.05) is 18.2 Å². The van der Waals surface area contributed by atoms with Crippen LogP contribution in [0, 0.1) is 6.92 Å². The van der Waals surface area contributed by atoms with Crippen LogP contribution in [0.3, 0.4) is 0 Å². The Balaban J connectivity index is 1.56. The molecule has 0 aliphatic carbocycles. The molecule has 0 atom stereocenters. The third-order valence-electron chi connectivity index (χ3n) is 6.17. The van der Waals surface area contributed by atoms with Crippen molar-refractivity contribution >= 4 is 29.3 Å². The summed E-state index contributed by atoms with van der Waals surface area (Å²) in [5.74, 6) is 1.42. The zero-order valence-corrected chi connectivity index (χ0v) is 18.5. The van der Waals surface area contributed by atoms with Crippen LogP contribution in [-0.4, -0.2) is 38.2 Å². The molecule has 1 aliphatic rings. The van der Waals surface area contributed by atoms with Crippen molar-refractivity contribution in [1.82, 2.24) is 19.9 Å². The predicted octanol–water partition coefficient (Wildman–Crippen LogP) is 1.13. The van der Waals surface area contributed by atoms with Gasteiger partial charge in [-0.1, -0.05) is 36.4 Å². The highest BCUT2D eigenvalue weighted by Crippen LogP contribution is 2.28. The van der Waals surface area contributed by atoms with Crippen molar-refractivity contribution in [1.29, 1.82) is 0 Å². The Morgan fingerprint density at radius 3 is 2.82 bits per heavy atom. The van der Waals surface area contributed by atoms with Gasteiger partial charge in [-0.25, -0.2) is 4.98 Å². The fraction of sp³-hybridized carbons (Fsp3) is 0.250. The van der Waals surface area contributed by atoms with Gasteiger partial charge in [0.05, 0.1) is 11.2 Å². The number of aryl methyl sites for hydroxylation is 1. The highest BCUT2D eigenvalue weighted by molar-refractivity contribution is 6.58. The Morgan fingerprint density at radius 2 is 2.00 bits per heavy atom. The van der Waals surface area contributed by atoms with Gasteiger partial charge in [-0.15, -0.1) is 0 Å². The molecule has 0 unspecified atom stereocenters. The molecule has 0 radical (unpaired) electrons.